The van der Waals surface area contributed by atoms with E-state index < -0.39 is 0 Å². The summed E-state index contributed by atoms with van der Waals surface area (Å²) in [5.74, 6) is 0.803. The zero-order valence-electron chi connectivity index (χ0n) is 13.7. The minimum absolute atomic E-state index is 0.115. The highest BCUT2D eigenvalue weighted by atomic mass is 16.5. The van der Waals surface area contributed by atoms with E-state index in [0.717, 1.165) is 12.6 Å². The van der Waals surface area contributed by atoms with Crippen LogP contribution in [-0.2, 0) is 4.74 Å². The number of nitrogens with zero attached hydrogens (tertiary/aromatic N) is 2. The smallest absolute Gasteiger partial charge is 0.256 e. The topological polar surface area (TPSA) is 63.7 Å². The van der Waals surface area contributed by atoms with Crippen molar-refractivity contribution in [3.63, 3.8) is 0 Å². The third kappa shape index (κ3) is 4.42. The second-order valence-corrected chi connectivity index (χ2v) is 6.29. The number of carbonyl (C=O) groups is 1. The molecular formula is C17H25N3O3. The van der Waals surface area contributed by atoms with Gasteiger partial charge in [-0.15, -0.1) is 0 Å². The normalized spacial score (nSPS) is 21.3. The molecule has 1 amide bonds. The first-order valence-electron chi connectivity index (χ1n) is 8.37. The highest BCUT2D eigenvalue weighted by Crippen LogP contribution is 2.31. The lowest BCUT2D eigenvalue weighted by Gasteiger charge is -2.15. The lowest BCUT2D eigenvalue weighted by molar-refractivity contribution is 0.0938. The van der Waals surface area contributed by atoms with Crippen LogP contribution < -0.4 is 10.1 Å². The molecule has 3 rings (SSSR count). The summed E-state index contributed by atoms with van der Waals surface area (Å²) in [7, 11) is 1.61. The van der Waals surface area contributed by atoms with E-state index in [2.05, 4.69) is 15.2 Å². The molecule has 0 aromatic carbocycles. The van der Waals surface area contributed by atoms with E-state index in [1.165, 1.54) is 25.8 Å². The van der Waals surface area contributed by atoms with Crippen molar-refractivity contribution in [2.75, 3.05) is 40.0 Å². The molecule has 1 saturated heterocycles. The third-order valence-corrected chi connectivity index (χ3v) is 4.47. The Kier molecular flexibility index (Phi) is 5.46. The molecule has 1 aromatic rings. The van der Waals surface area contributed by atoms with Crippen LogP contribution in [-0.4, -0.2) is 61.8 Å². The fourth-order valence-corrected chi connectivity index (χ4v) is 3.03. The molecule has 1 saturated carbocycles. The van der Waals surface area contributed by atoms with Gasteiger partial charge in [-0.05, 0) is 43.9 Å². The van der Waals surface area contributed by atoms with Gasteiger partial charge >= 0.3 is 0 Å². The number of amides is 1. The van der Waals surface area contributed by atoms with Gasteiger partial charge in [-0.25, -0.2) is 4.98 Å². The maximum Gasteiger partial charge on any atom is 0.256 e. The minimum Gasteiger partial charge on any atom is -0.475 e. The molecule has 0 spiro atoms. The van der Waals surface area contributed by atoms with Gasteiger partial charge < -0.3 is 19.7 Å². The molecule has 2 heterocycles. The zero-order chi connectivity index (χ0) is 16.1. The average molecular weight is 319 g/mol. The van der Waals surface area contributed by atoms with Crippen molar-refractivity contribution < 1.29 is 14.3 Å². The molecule has 1 unspecified atom stereocenters. The van der Waals surface area contributed by atoms with Gasteiger partial charge in [0, 0.05) is 32.4 Å². The van der Waals surface area contributed by atoms with Crippen LogP contribution in [0.5, 0.6) is 5.88 Å². The van der Waals surface area contributed by atoms with E-state index >= 15 is 0 Å². The summed E-state index contributed by atoms with van der Waals surface area (Å²) in [5, 5.41) is 3.03. The Hall–Kier alpha value is -1.66. The van der Waals surface area contributed by atoms with Crippen LogP contribution in [0.1, 0.15) is 29.6 Å². The molecule has 1 aliphatic carbocycles. The number of carbonyl (C=O) groups excluding carboxylic acids is 1. The van der Waals surface area contributed by atoms with Crippen molar-refractivity contribution in [3.05, 3.63) is 23.9 Å². The molecular weight excluding hydrogens is 294 g/mol. The van der Waals surface area contributed by atoms with Crippen molar-refractivity contribution in [2.24, 2.45) is 5.92 Å². The Balaban J connectivity index is 1.49. The SMILES string of the molecule is COCCOc1ncccc1C(=O)NCC1CCN(C2CC2)C1. The predicted octanol–water partition coefficient (Wildman–Crippen LogP) is 1.32. The fourth-order valence-electron chi connectivity index (χ4n) is 3.03. The minimum atomic E-state index is -0.115. The zero-order valence-corrected chi connectivity index (χ0v) is 13.7. The van der Waals surface area contributed by atoms with Crippen molar-refractivity contribution >= 4 is 5.91 Å². The molecule has 23 heavy (non-hydrogen) atoms. The largest absolute Gasteiger partial charge is 0.475 e. The Morgan fingerprint density at radius 2 is 2.26 bits per heavy atom. The van der Waals surface area contributed by atoms with Gasteiger partial charge in [0.1, 0.15) is 12.2 Å². The highest BCUT2D eigenvalue weighted by molar-refractivity contribution is 5.96. The van der Waals surface area contributed by atoms with Crippen LogP contribution in [0.4, 0.5) is 0 Å². The molecule has 126 valence electrons. The molecule has 1 aromatic heterocycles. The fraction of sp³-hybridized carbons (Fsp3) is 0.647. The molecule has 2 fully saturated rings. The second-order valence-electron chi connectivity index (χ2n) is 6.29. The standard InChI is InChI=1S/C17H25N3O3/c1-22-9-10-23-17-15(3-2-7-18-17)16(21)19-11-13-6-8-20(12-13)14-4-5-14/h2-3,7,13-14H,4-6,8-12H2,1H3,(H,19,21). The van der Waals surface area contributed by atoms with Crippen LogP contribution in [0.3, 0.4) is 0 Å². The molecule has 6 nitrogen and oxygen atoms in total. The molecule has 6 heteroatoms. The van der Waals surface area contributed by atoms with Crippen LogP contribution in [0.2, 0.25) is 0 Å². The average Bonchev–Trinajstić information content (AvgIpc) is 3.32. The van der Waals surface area contributed by atoms with Crippen molar-refractivity contribution in [1.29, 1.82) is 0 Å². The Labute approximate surface area is 137 Å². The van der Waals surface area contributed by atoms with Gasteiger partial charge in [0.25, 0.3) is 5.91 Å². The van der Waals surface area contributed by atoms with Gasteiger partial charge in [-0.1, -0.05) is 0 Å². The van der Waals surface area contributed by atoms with E-state index in [1.54, 1.807) is 25.4 Å². The van der Waals surface area contributed by atoms with Crippen LogP contribution in [0.15, 0.2) is 18.3 Å². The van der Waals surface area contributed by atoms with E-state index in [1.807, 2.05) is 0 Å². The molecule has 1 N–H and O–H groups in total. The van der Waals surface area contributed by atoms with Crippen molar-refractivity contribution in [3.8, 4) is 5.88 Å². The highest BCUT2D eigenvalue weighted by Gasteiger charge is 2.34. The maximum absolute atomic E-state index is 12.4. The number of nitrogens with one attached hydrogen (secondary N) is 1. The summed E-state index contributed by atoms with van der Waals surface area (Å²) in [4.78, 5) is 19.1. The second kappa shape index (κ2) is 7.75. The predicted molar refractivity (Wildman–Crippen MR) is 86.6 cm³/mol. The number of likely N-dealkylation sites (tertiary alicyclic amines) is 1. The summed E-state index contributed by atoms with van der Waals surface area (Å²) < 4.78 is 10.5. The maximum atomic E-state index is 12.4. The first kappa shape index (κ1) is 16.2. The number of hydrogen-bond acceptors (Lipinski definition) is 5. The summed E-state index contributed by atoms with van der Waals surface area (Å²) in [6.07, 6.45) is 5.48. The third-order valence-electron chi connectivity index (χ3n) is 4.47. The summed E-state index contributed by atoms with van der Waals surface area (Å²) in [6, 6.07) is 4.31. The molecule has 2 aliphatic rings. The Morgan fingerprint density at radius 1 is 1.39 bits per heavy atom. The number of ether oxygens (including phenoxy) is 2. The number of pyridine rings is 1. The molecule has 0 radical (unpaired) electrons. The van der Waals surface area contributed by atoms with Gasteiger partial charge in [-0.3, -0.25) is 4.79 Å². The number of rotatable bonds is 8. The van der Waals surface area contributed by atoms with Crippen molar-refractivity contribution in [1.82, 2.24) is 15.2 Å². The number of aromatic nitrogens is 1. The monoisotopic (exact) mass is 319 g/mol. The first-order chi connectivity index (χ1) is 11.3. The van der Waals surface area contributed by atoms with Crippen LogP contribution in [0, 0.1) is 5.92 Å². The van der Waals surface area contributed by atoms with Gasteiger partial charge in [0.05, 0.1) is 6.61 Å². The molecule has 0 bridgehead atoms. The van der Waals surface area contributed by atoms with Gasteiger partial charge in [0.2, 0.25) is 5.88 Å². The number of hydrogen-bond donors (Lipinski definition) is 1. The first-order valence-corrected chi connectivity index (χ1v) is 8.37. The lowest BCUT2D eigenvalue weighted by atomic mass is 10.1. The Bertz CT molecular complexity index is 534. The van der Waals surface area contributed by atoms with E-state index in [0.29, 0.717) is 37.1 Å². The van der Waals surface area contributed by atoms with E-state index in [9.17, 15) is 4.79 Å². The van der Waals surface area contributed by atoms with Crippen molar-refractivity contribution in [2.45, 2.75) is 25.3 Å². The summed E-state index contributed by atoms with van der Waals surface area (Å²) in [6.45, 7) is 3.84. The van der Waals surface area contributed by atoms with E-state index in [-0.39, 0.29) is 5.91 Å². The lowest BCUT2D eigenvalue weighted by Crippen LogP contribution is -2.31. The summed E-state index contributed by atoms with van der Waals surface area (Å²) >= 11 is 0. The number of methoxy groups -OCH3 is 1. The van der Waals surface area contributed by atoms with Crippen LogP contribution in [0.25, 0.3) is 0 Å². The summed E-state index contributed by atoms with van der Waals surface area (Å²) in [5.41, 5.74) is 0.487. The molecule has 1 atom stereocenters. The van der Waals surface area contributed by atoms with Crippen LogP contribution >= 0.6 is 0 Å². The Morgan fingerprint density at radius 3 is 3.04 bits per heavy atom. The van der Waals surface area contributed by atoms with Gasteiger partial charge in [-0.2, -0.15) is 0 Å². The van der Waals surface area contributed by atoms with Gasteiger partial charge in [0.15, 0.2) is 0 Å². The molecule has 1 aliphatic heterocycles. The van der Waals surface area contributed by atoms with E-state index in [4.69, 9.17) is 9.47 Å². The quantitative estimate of drug-likeness (QED) is 0.732.